The van der Waals surface area contributed by atoms with Gasteiger partial charge in [-0.2, -0.15) is 5.10 Å². The van der Waals surface area contributed by atoms with Gasteiger partial charge in [-0.05, 0) is 26.4 Å². The van der Waals surface area contributed by atoms with Gasteiger partial charge >= 0.3 is 0 Å². The molecule has 0 spiro atoms. The Morgan fingerprint density at radius 3 is 2.65 bits per heavy atom. The zero-order chi connectivity index (χ0) is 15.2. The lowest BCUT2D eigenvalue weighted by molar-refractivity contribution is -0.120. The average molecular weight is 281 g/mol. The van der Waals surface area contributed by atoms with E-state index in [-0.39, 0.29) is 5.91 Å². The highest BCUT2D eigenvalue weighted by Crippen LogP contribution is 2.11. The van der Waals surface area contributed by atoms with Gasteiger partial charge < -0.3 is 16.0 Å². The average Bonchev–Trinajstić information content (AvgIpc) is 2.87. The van der Waals surface area contributed by atoms with E-state index in [1.807, 2.05) is 17.8 Å². The number of carbonyl (C=O) groups is 1. The lowest BCUT2D eigenvalue weighted by Gasteiger charge is -2.20. The second kappa shape index (κ2) is 7.40. The Morgan fingerprint density at radius 1 is 1.45 bits per heavy atom. The van der Waals surface area contributed by atoms with Crippen LogP contribution in [0.1, 0.15) is 34.1 Å². The van der Waals surface area contributed by atoms with Crippen LogP contribution >= 0.6 is 0 Å². The second-order valence-corrected chi connectivity index (χ2v) is 5.24. The summed E-state index contributed by atoms with van der Waals surface area (Å²) in [5.41, 5.74) is 5.75. The molecule has 1 amide bonds. The van der Waals surface area contributed by atoms with Crippen LogP contribution in [0.3, 0.4) is 0 Å². The first-order valence-corrected chi connectivity index (χ1v) is 7.28. The number of carbonyl (C=O) groups excluding carboxylic acids is 1. The van der Waals surface area contributed by atoms with Crippen molar-refractivity contribution in [2.75, 3.05) is 25.0 Å². The van der Waals surface area contributed by atoms with Crippen LogP contribution < -0.4 is 11.1 Å². The molecule has 1 atom stereocenters. The molecule has 0 aliphatic rings. The summed E-state index contributed by atoms with van der Waals surface area (Å²) in [4.78, 5) is 14.3. The van der Waals surface area contributed by atoms with E-state index in [9.17, 15) is 4.79 Å². The van der Waals surface area contributed by atoms with Crippen molar-refractivity contribution in [1.82, 2.24) is 14.7 Å². The molecule has 0 aliphatic heterocycles. The zero-order valence-electron chi connectivity index (χ0n) is 13.0. The Balaban J connectivity index is 2.53. The Kier molecular flexibility index (Phi) is 6.16. The Hall–Kier alpha value is -1.40. The van der Waals surface area contributed by atoms with Crippen LogP contribution in [-0.2, 0) is 11.3 Å². The lowest BCUT2D eigenvalue weighted by atomic mass is 10.00. The van der Waals surface area contributed by atoms with E-state index >= 15 is 0 Å². The molecule has 1 heterocycles. The van der Waals surface area contributed by atoms with Gasteiger partial charge in [-0.15, -0.1) is 0 Å². The molecule has 0 saturated carbocycles. The van der Waals surface area contributed by atoms with Crippen LogP contribution in [0.5, 0.6) is 0 Å². The van der Waals surface area contributed by atoms with Crippen molar-refractivity contribution in [2.45, 2.75) is 46.2 Å². The van der Waals surface area contributed by atoms with Crippen LogP contribution in [0.4, 0.5) is 5.69 Å². The largest absolute Gasteiger partial charge is 0.322 e. The second-order valence-electron chi connectivity index (χ2n) is 5.24. The summed E-state index contributed by atoms with van der Waals surface area (Å²) < 4.78 is 1.84. The summed E-state index contributed by atoms with van der Waals surface area (Å²) in [5.74, 6) is -0.178. The molecule has 6 nitrogen and oxygen atoms in total. The number of aromatic nitrogens is 2. The van der Waals surface area contributed by atoms with Gasteiger partial charge in [-0.25, -0.2) is 0 Å². The molecule has 0 radical (unpaired) electrons. The highest BCUT2D eigenvalue weighted by Gasteiger charge is 2.26. The van der Waals surface area contributed by atoms with Gasteiger partial charge in [0.05, 0.1) is 24.0 Å². The maximum absolute atomic E-state index is 12.0. The van der Waals surface area contributed by atoms with E-state index < -0.39 is 5.54 Å². The lowest BCUT2D eigenvalue weighted by Crippen LogP contribution is -2.47. The first-order chi connectivity index (χ1) is 9.42. The van der Waals surface area contributed by atoms with Crippen LogP contribution in [0.25, 0.3) is 0 Å². The fourth-order valence-electron chi connectivity index (χ4n) is 1.77. The van der Waals surface area contributed by atoms with Gasteiger partial charge in [-0.1, -0.05) is 20.8 Å². The topological polar surface area (TPSA) is 76.2 Å². The van der Waals surface area contributed by atoms with E-state index in [0.717, 1.165) is 26.2 Å². The van der Waals surface area contributed by atoms with Crippen molar-refractivity contribution >= 4 is 11.6 Å². The van der Waals surface area contributed by atoms with Crippen LogP contribution in [-0.4, -0.2) is 45.8 Å². The fourth-order valence-corrected chi connectivity index (χ4v) is 1.77. The summed E-state index contributed by atoms with van der Waals surface area (Å²) in [7, 11) is 0. The number of amides is 1. The van der Waals surface area contributed by atoms with Crippen LogP contribution in [0.2, 0.25) is 0 Å². The number of nitrogens with zero attached hydrogens (tertiary/aromatic N) is 3. The van der Waals surface area contributed by atoms with E-state index in [4.69, 9.17) is 5.73 Å². The summed E-state index contributed by atoms with van der Waals surface area (Å²) >= 11 is 0. The predicted molar refractivity (Wildman–Crippen MR) is 81.5 cm³/mol. The molecule has 0 aliphatic carbocycles. The van der Waals surface area contributed by atoms with Crippen molar-refractivity contribution in [3.63, 3.8) is 0 Å². The molecule has 0 saturated heterocycles. The van der Waals surface area contributed by atoms with Gasteiger partial charge in [0.1, 0.15) is 0 Å². The molecule has 0 fully saturated rings. The molecule has 3 N–H and O–H groups in total. The normalized spacial score (nSPS) is 14.3. The Labute approximate surface area is 121 Å². The van der Waals surface area contributed by atoms with Gasteiger partial charge in [-0.3, -0.25) is 9.48 Å². The monoisotopic (exact) mass is 281 g/mol. The third-order valence-corrected chi connectivity index (χ3v) is 3.68. The third kappa shape index (κ3) is 4.61. The summed E-state index contributed by atoms with van der Waals surface area (Å²) in [6.45, 7) is 11.7. The minimum absolute atomic E-state index is 0.178. The van der Waals surface area contributed by atoms with E-state index in [0.29, 0.717) is 12.1 Å². The quantitative estimate of drug-likeness (QED) is 0.753. The molecule has 1 aromatic heterocycles. The summed E-state index contributed by atoms with van der Waals surface area (Å²) in [5, 5.41) is 7.06. The number of anilines is 1. The molecule has 0 bridgehead atoms. The molecular weight excluding hydrogens is 254 g/mol. The predicted octanol–water partition coefficient (Wildman–Crippen LogP) is 1.29. The SMILES string of the molecule is CCN(CC)CCn1cc(NC(=O)C(C)(N)CC)cn1. The van der Waals surface area contributed by atoms with Gasteiger partial charge in [0.2, 0.25) is 5.91 Å². The minimum atomic E-state index is -0.844. The highest BCUT2D eigenvalue weighted by atomic mass is 16.2. The van der Waals surface area contributed by atoms with Gasteiger partial charge in [0, 0.05) is 12.7 Å². The van der Waals surface area contributed by atoms with Crippen molar-refractivity contribution in [2.24, 2.45) is 5.73 Å². The fraction of sp³-hybridized carbons (Fsp3) is 0.714. The first kappa shape index (κ1) is 16.7. The van der Waals surface area contributed by atoms with Crippen LogP contribution in [0, 0.1) is 0 Å². The standard InChI is InChI=1S/C14H27N5O/c1-5-14(4,15)13(20)17-12-10-16-19(11-12)9-8-18(6-2)7-3/h10-11H,5-9,15H2,1-4H3,(H,17,20). The number of hydrogen-bond acceptors (Lipinski definition) is 4. The maximum atomic E-state index is 12.0. The number of hydrogen-bond donors (Lipinski definition) is 2. The minimum Gasteiger partial charge on any atom is -0.322 e. The maximum Gasteiger partial charge on any atom is 0.244 e. The number of likely N-dealkylation sites (N-methyl/N-ethyl adjacent to an activating group) is 1. The van der Waals surface area contributed by atoms with Gasteiger partial charge in [0.15, 0.2) is 0 Å². The highest BCUT2D eigenvalue weighted by molar-refractivity contribution is 5.97. The molecule has 0 aromatic carbocycles. The van der Waals surface area contributed by atoms with Gasteiger partial charge in [0.25, 0.3) is 0 Å². The summed E-state index contributed by atoms with van der Waals surface area (Å²) in [6.07, 6.45) is 4.09. The molecule has 1 aromatic rings. The van der Waals surface area contributed by atoms with E-state index in [1.165, 1.54) is 0 Å². The Morgan fingerprint density at radius 2 is 2.10 bits per heavy atom. The molecule has 1 unspecified atom stereocenters. The molecular formula is C14H27N5O. The van der Waals surface area contributed by atoms with Crippen molar-refractivity contribution < 1.29 is 4.79 Å². The van der Waals surface area contributed by atoms with Crippen molar-refractivity contribution in [3.8, 4) is 0 Å². The first-order valence-electron chi connectivity index (χ1n) is 7.28. The number of rotatable bonds is 8. The summed E-state index contributed by atoms with van der Waals surface area (Å²) in [6, 6.07) is 0. The Bertz CT molecular complexity index is 423. The van der Waals surface area contributed by atoms with Crippen molar-refractivity contribution in [3.05, 3.63) is 12.4 Å². The van der Waals surface area contributed by atoms with Crippen molar-refractivity contribution in [1.29, 1.82) is 0 Å². The van der Waals surface area contributed by atoms with Crippen LogP contribution in [0.15, 0.2) is 12.4 Å². The molecule has 114 valence electrons. The van der Waals surface area contributed by atoms with E-state index in [1.54, 1.807) is 13.1 Å². The van der Waals surface area contributed by atoms with E-state index in [2.05, 4.69) is 29.2 Å². The molecule has 6 heteroatoms. The number of nitrogens with two attached hydrogens (primary N) is 1. The zero-order valence-corrected chi connectivity index (χ0v) is 13.0. The number of nitrogens with one attached hydrogen (secondary N) is 1. The smallest absolute Gasteiger partial charge is 0.244 e. The molecule has 20 heavy (non-hydrogen) atoms. The molecule has 1 rings (SSSR count). The third-order valence-electron chi connectivity index (χ3n) is 3.68.